The first kappa shape index (κ1) is 25.9. The second-order valence-corrected chi connectivity index (χ2v) is 9.95. The first-order valence-electron chi connectivity index (χ1n) is 11.6. The van der Waals surface area contributed by atoms with E-state index in [4.69, 9.17) is 19.2 Å². The number of benzene rings is 2. The standard InChI is InChI=1S/C27H27BrN2O5S/c1-5-8-20-23(26(32)35-6-2)24(17-9-7-10-18(15-17)33-3)30-25(31)22(36-27(30)29-20)14-16-11-12-21(34-4)19(28)13-16/h7,9-15,24H,5-6,8H2,1-4H3/b22-14-. The molecule has 4 rings (SSSR count). The minimum atomic E-state index is -0.679. The van der Waals surface area contributed by atoms with Gasteiger partial charge in [0.05, 0.1) is 47.1 Å². The van der Waals surface area contributed by atoms with Crippen LogP contribution >= 0.6 is 27.3 Å². The molecule has 0 bridgehead atoms. The fourth-order valence-corrected chi connectivity index (χ4v) is 5.75. The molecule has 0 spiro atoms. The third kappa shape index (κ3) is 5.03. The Hall–Kier alpha value is -3.17. The molecule has 1 aliphatic heterocycles. The van der Waals surface area contributed by atoms with Crippen LogP contribution in [0.25, 0.3) is 6.08 Å². The summed E-state index contributed by atoms with van der Waals surface area (Å²) in [6.45, 7) is 4.02. The van der Waals surface area contributed by atoms with Gasteiger partial charge >= 0.3 is 5.97 Å². The molecule has 188 valence electrons. The highest BCUT2D eigenvalue weighted by molar-refractivity contribution is 9.10. The number of esters is 1. The fraction of sp³-hybridized carbons (Fsp3) is 0.296. The topological polar surface area (TPSA) is 79.1 Å². The van der Waals surface area contributed by atoms with Crippen LogP contribution < -0.4 is 24.4 Å². The molecular weight excluding hydrogens is 544 g/mol. The molecule has 2 heterocycles. The van der Waals surface area contributed by atoms with Crippen LogP contribution in [0, 0.1) is 0 Å². The highest BCUT2D eigenvalue weighted by Crippen LogP contribution is 2.34. The minimum Gasteiger partial charge on any atom is -0.497 e. The van der Waals surface area contributed by atoms with Gasteiger partial charge in [-0.25, -0.2) is 9.79 Å². The van der Waals surface area contributed by atoms with Gasteiger partial charge in [-0.15, -0.1) is 0 Å². The molecule has 0 amide bonds. The lowest BCUT2D eigenvalue weighted by molar-refractivity contribution is -0.139. The van der Waals surface area contributed by atoms with Crippen LogP contribution in [0.3, 0.4) is 0 Å². The summed E-state index contributed by atoms with van der Waals surface area (Å²) in [7, 11) is 3.19. The van der Waals surface area contributed by atoms with Crippen molar-refractivity contribution < 1.29 is 19.0 Å². The van der Waals surface area contributed by atoms with Crippen LogP contribution in [0.5, 0.6) is 11.5 Å². The molecule has 3 aromatic rings. The van der Waals surface area contributed by atoms with E-state index in [2.05, 4.69) is 15.9 Å². The number of carbonyl (C=O) groups excluding carboxylic acids is 1. The number of rotatable bonds is 8. The SMILES string of the molecule is CCCC1=C(C(=O)OCC)C(c2cccc(OC)c2)n2c(s/c(=C\c3ccc(OC)c(Br)c3)c2=O)=N1. The van der Waals surface area contributed by atoms with Gasteiger partial charge in [0, 0.05) is 0 Å². The lowest BCUT2D eigenvalue weighted by atomic mass is 9.94. The summed E-state index contributed by atoms with van der Waals surface area (Å²) in [6.07, 6.45) is 3.20. The molecule has 0 N–H and O–H groups in total. The molecule has 1 atom stereocenters. The number of hydrogen-bond acceptors (Lipinski definition) is 7. The third-order valence-corrected chi connectivity index (χ3v) is 7.38. The second kappa shape index (κ2) is 11.3. The van der Waals surface area contributed by atoms with Crippen LogP contribution in [0.15, 0.2) is 68.0 Å². The van der Waals surface area contributed by atoms with Gasteiger partial charge in [0.1, 0.15) is 11.5 Å². The fourth-order valence-electron chi connectivity index (χ4n) is 4.17. The molecule has 0 saturated carbocycles. The summed E-state index contributed by atoms with van der Waals surface area (Å²) in [4.78, 5) is 32.4. The Kier molecular flexibility index (Phi) is 8.11. The number of halogens is 1. The predicted molar refractivity (Wildman–Crippen MR) is 143 cm³/mol. The number of hydrogen-bond donors (Lipinski definition) is 0. The second-order valence-electron chi connectivity index (χ2n) is 8.08. The average molecular weight is 571 g/mol. The van der Waals surface area contributed by atoms with Gasteiger partial charge in [-0.2, -0.15) is 0 Å². The number of fused-ring (bicyclic) bond motifs is 1. The number of nitrogens with zero attached hydrogens (tertiary/aromatic N) is 2. The molecule has 36 heavy (non-hydrogen) atoms. The van der Waals surface area contributed by atoms with Crippen LogP contribution in [0.1, 0.15) is 43.9 Å². The van der Waals surface area contributed by atoms with E-state index in [9.17, 15) is 9.59 Å². The van der Waals surface area contributed by atoms with Gasteiger partial charge in [0.25, 0.3) is 5.56 Å². The number of methoxy groups -OCH3 is 2. The van der Waals surface area contributed by atoms with Gasteiger partial charge < -0.3 is 14.2 Å². The Labute approximate surface area is 221 Å². The van der Waals surface area contributed by atoms with Crippen molar-refractivity contribution >= 4 is 39.3 Å². The van der Waals surface area contributed by atoms with E-state index in [0.717, 1.165) is 22.0 Å². The number of ether oxygens (including phenoxy) is 3. The maximum absolute atomic E-state index is 13.8. The molecule has 0 aliphatic carbocycles. The van der Waals surface area contributed by atoms with Crippen molar-refractivity contribution in [2.24, 2.45) is 4.99 Å². The molecule has 1 aromatic heterocycles. The van der Waals surface area contributed by atoms with Gasteiger partial charge in [0.2, 0.25) is 0 Å². The minimum absolute atomic E-state index is 0.226. The van der Waals surface area contributed by atoms with Gasteiger partial charge in [0.15, 0.2) is 4.80 Å². The molecule has 2 aromatic carbocycles. The molecular formula is C27H27BrN2O5S. The first-order chi connectivity index (χ1) is 17.4. The maximum Gasteiger partial charge on any atom is 0.338 e. The van der Waals surface area contributed by atoms with E-state index in [0.29, 0.717) is 38.5 Å². The van der Waals surface area contributed by atoms with Crippen LogP contribution in [-0.4, -0.2) is 31.4 Å². The van der Waals surface area contributed by atoms with Crippen molar-refractivity contribution in [3.63, 3.8) is 0 Å². The van der Waals surface area contributed by atoms with Crippen molar-refractivity contribution in [2.45, 2.75) is 32.7 Å². The van der Waals surface area contributed by atoms with Crippen molar-refractivity contribution in [3.8, 4) is 11.5 Å². The zero-order valence-electron chi connectivity index (χ0n) is 20.5. The zero-order chi connectivity index (χ0) is 25.8. The summed E-state index contributed by atoms with van der Waals surface area (Å²) >= 11 is 4.80. The van der Waals surface area contributed by atoms with Gasteiger partial charge in [-0.1, -0.05) is 42.9 Å². The van der Waals surface area contributed by atoms with E-state index >= 15 is 0 Å². The number of aromatic nitrogens is 1. The van der Waals surface area contributed by atoms with Crippen molar-refractivity contribution in [1.82, 2.24) is 4.57 Å². The van der Waals surface area contributed by atoms with Crippen LogP contribution in [0.4, 0.5) is 0 Å². The largest absolute Gasteiger partial charge is 0.497 e. The van der Waals surface area contributed by atoms with E-state index in [1.807, 2.05) is 55.5 Å². The normalized spacial score (nSPS) is 15.4. The number of carbonyl (C=O) groups is 1. The quantitative estimate of drug-likeness (QED) is 0.376. The van der Waals surface area contributed by atoms with E-state index < -0.39 is 12.0 Å². The first-order valence-corrected chi connectivity index (χ1v) is 13.2. The summed E-state index contributed by atoms with van der Waals surface area (Å²) < 4.78 is 19.1. The molecule has 1 unspecified atom stereocenters. The van der Waals surface area contributed by atoms with Crippen molar-refractivity contribution in [2.75, 3.05) is 20.8 Å². The summed E-state index contributed by atoms with van der Waals surface area (Å²) in [5, 5.41) is 0. The Morgan fingerprint density at radius 3 is 2.64 bits per heavy atom. The predicted octanol–water partition coefficient (Wildman–Crippen LogP) is 4.36. The summed E-state index contributed by atoms with van der Waals surface area (Å²) in [5.41, 5.74) is 2.39. The number of allylic oxidation sites excluding steroid dienone is 1. The summed E-state index contributed by atoms with van der Waals surface area (Å²) in [5.74, 6) is 0.871. The maximum atomic E-state index is 13.8. The molecule has 0 saturated heterocycles. The lowest BCUT2D eigenvalue weighted by Gasteiger charge is -2.26. The van der Waals surface area contributed by atoms with E-state index in [1.54, 1.807) is 25.7 Å². The Morgan fingerprint density at radius 2 is 1.97 bits per heavy atom. The van der Waals surface area contributed by atoms with Crippen molar-refractivity contribution in [1.29, 1.82) is 0 Å². The van der Waals surface area contributed by atoms with E-state index in [-0.39, 0.29) is 12.2 Å². The van der Waals surface area contributed by atoms with Crippen molar-refractivity contribution in [3.05, 3.63) is 89.0 Å². The van der Waals surface area contributed by atoms with Crippen LogP contribution in [0.2, 0.25) is 0 Å². The molecule has 0 radical (unpaired) electrons. The molecule has 9 heteroatoms. The monoisotopic (exact) mass is 570 g/mol. The Morgan fingerprint density at radius 1 is 1.17 bits per heavy atom. The summed E-state index contributed by atoms with van der Waals surface area (Å²) in [6, 6.07) is 12.3. The Balaban J connectivity index is 1.98. The Bertz CT molecular complexity index is 1510. The van der Waals surface area contributed by atoms with Gasteiger partial charge in [-0.3, -0.25) is 9.36 Å². The highest BCUT2D eigenvalue weighted by Gasteiger charge is 2.34. The third-order valence-electron chi connectivity index (χ3n) is 5.78. The zero-order valence-corrected chi connectivity index (χ0v) is 22.9. The average Bonchev–Trinajstić information content (AvgIpc) is 3.18. The van der Waals surface area contributed by atoms with Crippen LogP contribution in [-0.2, 0) is 9.53 Å². The molecule has 1 aliphatic rings. The highest BCUT2D eigenvalue weighted by atomic mass is 79.9. The molecule has 7 nitrogen and oxygen atoms in total. The molecule has 0 fully saturated rings. The number of thiazole rings is 1. The smallest absolute Gasteiger partial charge is 0.338 e. The lowest BCUT2D eigenvalue weighted by Crippen LogP contribution is -2.40. The van der Waals surface area contributed by atoms with E-state index in [1.165, 1.54) is 11.3 Å². The van der Waals surface area contributed by atoms with Gasteiger partial charge in [-0.05, 0) is 70.7 Å².